The van der Waals surface area contributed by atoms with Crippen LogP contribution in [0.5, 0.6) is 5.75 Å². The van der Waals surface area contributed by atoms with Crippen LogP contribution in [-0.4, -0.2) is 5.85 Å². The van der Waals surface area contributed by atoms with Crippen molar-refractivity contribution in [2.75, 3.05) is 0 Å². The van der Waals surface area contributed by atoms with Crippen LogP contribution in [0.25, 0.3) is 6.08 Å². The van der Waals surface area contributed by atoms with E-state index in [9.17, 15) is 0 Å². The van der Waals surface area contributed by atoms with Gasteiger partial charge in [-0.1, -0.05) is 91.0 Å². The first-order chi connectivity index (χ1) is 11.9. The van der Waals surface area contributed by atoms with E-state index in [0.29, 0.717) is 0 Å². The standard InChI is InChI=1S/C22H19OP/c1-3-10-18(11-4-1)12-9-17-22-23-20-15-7-8-16-21(20)24(22)19-13-5-2-6-14-19/h1-16,22H,17H2/b12-9+/t22-,24?/m1/s1. The van der Waals surface area contributed by atoms with E-state index in [1.807, 2.05) is 6.07 Å². The molecule has 1 heterocycles. The van der Waals surface area contributed by atoms with Crippen LogP contribution in [-0.2, 0) is 0 Å². The molecule has 0 amide bonds. The molecule has 0 radical (unpaired) electrons. The number of hydrogen-bond donors (Lipinski definition) is 0. The van der Waals surface area contributed by atoms with Crippen LogP contribution < -0.4 is 15.3 Å². The van der Waals surface area contributed by atoms with E-state index in [4.69, 9.17) is 4.74 Å². The molecule has 1 nitrogen and oxygen atoms in total. The zero-order chi connectivity index (χ0) is 16.2. The van der Waals surface area contributed by atoms with Gasteiger partial charge in [0, 0.05) is 19.6 Å². The molecule has 1 unspecified atom stereocenters. The maximum Gasteiger partial charge on any atom is 0.129 e. The molecule has 0 bridgehead atoms. The molecule has 0 aromatic heterocycles. The van der Waals surface area contributed by atoms with E-state index in [1.54, 1.807) is 0 Å². The smallest absolute Gasteiger partial charge is 0.129 e. The average molecular weight is 330 g/mol. The van der Waals surface area contributed by atoms with Gasteiger partial charge in [-0.25, -0.2) is 0 Å². The van der Waals surface area contributed by atoms with Crippen LogP contribution in [0.2, 0.25) is 0 Å². The minimum absolute atomic E-state index is 0.208. The lowest BCUT2D eigenvalue weighted by molar-refractivity contribution is 0.299. The summed E-state index contributed by atoms with van der Waals surface area (Å²) in [5, 5.41) is 2.74. The van der Waals surface area contributed by atoms with Gasteiger partial charge in [-0.15, -0.1) is 0 Å². The molecule has 0 saturated carbocycles. The molecule has 0 N–H and O–H groups in total. The van der Waals surface area contributed by atoms with Crippen LogP contribution in [0.3, 0.4) is 0 Å². The van der Waals surface area contributed by atoms with Crippen molar-refractivity contribution in [1.82, 2.24) is 0 Å². The second kappa shape index (κ2) is 7.03. The molecule has 0 spiro atoms. The number of benzene rings is 3. The fraction of sp³-hybridized carbons (Fsp3) is 0.0909. The van der Waals surface area contributed by atoms with Crippen LogP contribution in [0.1, 0.15) is 12.0 Å². The summed E-state index contributed by atoms with van der Waals surface area (Å²) in [4.78, 5) is 0. The van der Waals surface area contributed by atoms with Gasteiger partial charge in [0.25, 0.3) is 0 Å². The first kappa shape index (κ1) is 15.2. The Balaban J connectivity index is 1.59. The molecular weight excluding hydrogens is 311 g/mol. The lowest BCUT2D eigenvalue weighted by atomic mass is 10.2. The molecule has 118 valence electrons. The predicted octanol–water partition coefficient (Wildman–Crippen LogP) is 4.94. The number of para-hydroxylation sites is 1. The van der Waals surface area contributed by atoms with Gasteiger partial charge in [0.1, 0.15) is 11.6 Å². The fourth-order valence-electron chi connectivity index (χ4n) is 3.04. The SMILES string of the molecule is C(=C\c1ccccc1)/C[C@@H]1Oc2ccccc2P1c1ccccc1. The molecule has 3 aromatic carbocycles. The third kappa shape index (κ3) is 3.13. The van der Waals surface area contributed by atoms with E-state index in [-0.39, 0.29) is 5.85 Å². The molecule has 3 aromatic rings. The van der Waals surface area contributed by atoms with E-state index in [1.165, 1.54) is 16.2 Å². The largest absolute Gasteiger partial charge is 0.484 e. The Morgan fingerprint density at radius 1 is 0.792 bits per heavy atom. The molecule has 0 saturated heterocycles. The second-order valence-corrected chi connectivity index (χ2v) is 8.11. The summed E-state index contributed by atoms with van der Waals surface area (Å²) in [6.07, 6.45) is 5.35. The third-order valence-electron chi connectivity index (χ3n) is 4.16. The molecule has 1 aliphatic heterocycles. The summed E-state index contributed by atoms with van der Waals surface area (Å²) in [6.45, 7) is 0. The molecule has 0 fully saturated rings. The highest BCUT2D eigenvalue weighted by molar-refractivity contribution is 7.74. The molecule has 24 heavy (non-hydrogen) atoms. The quantitative estimate of drug-likeness (QED) is 0.616. The predicted molar refractivity (Wildman–Crippen MR) is 104 cm³/mol. The van der Waals surface area contributed by atoms with Gasteiger partial charge in [0.2, 0.25) is 0 Å². The Kier molecular flexibility index (Phi) is 4.44. The van der Waals surface area contributed by atoms with Gasteiger partial charge < -0.3 is 4.74 Å². The lowest BCUT2D eigenvalue weighted by Gasteiger charge is -2.18. The summed E-state index contributed by atoms with van der Waals surface area (Å²) in [6, 6.07) is 29.7. The maximum absolute atomic E-state index is 6.29. The van der Waals surface area contributed by atoms with Crippen LogP contribution in [0, 0.1) is 0 Å². The van der Waals surface area contributed by atoms with Crippen molar-refractivity contribution in [3.05, 3.63) is 96.6 Å². The normalized spacial score (nSPS) is 19.2. The number of ether oxygens (including phenoxy) is 1. The number of rotatable bonds is 4. The number of fused-ring (bicyclic) bond motifs is 1. The molecular formula is C22H19OP. The summed E-state index contributed by atoms with van der Waals surface area (Å²) >= 11 is 0. The highest BCUT2D eigenvalue weighted by Crippen LogP contribution is 2.49. The Hall–Kier alpha value is -2.37. The highest BCUT2D eigenvalue weighted by atomic mass is 31.1. The van der Waals surface area contributed by atoms with Crippen LogP contribution >= 0.6 is 7.92 Å². The van der Waals surface area contributed by atoms with Gasteiger partial charge in [-0.2, -0.15) is 0 Å². The lowest BCUT2D eigenvalue weighted by Crippen LogP contribution is -2.17. The van der Waals surface area contributed by atoms with E-state index in [0.717, 1.165) is 12.2 Å². The third-order valence-corrected chi connectivity index (χ3v) is 6.79. The Morgan fingerprint density at radius 2 is 1.46 bits per heavy atom. The summed E-state index contributed by atoms with van der Waals surface area (Å²) in [5.41, 5.74) is 1.23. The molecule has 4 rings (SSSR count). The highest BCUT2D eigenvalue weighted by Gasteiger charge is 2.34. The van der Waals surface area contributed by atoms with Crippen molar-refractivity contribution in [2.45, 2.75) is 12.3 Å². The monoisotopic (exact) mass is 330 g/mol. The van der Waals surface area contributed by atoms with Crippen LogP contribution in [0.15, 0.2) is 91.0 Å². The second-order valence-electron chi connectivity index (χ2n) is 5.79. The van der Waals surface area contributed by atoms with Gasteiger partial charge >= 0.3 is 0 Å². The van der Waals surface area contributed by atoms with Crippen LogP contribution in [0.4, 0.5) is 0 Å². The van der Waals surface area contributed by atoms with Crippen molar-refractivity contribution in [1.29, 1.82) is 0 Å². The Morgan fingerprint density at radius 3 is 2.25 bits per heavy atom. The molecule has 0 aliphatic carbocycles. The average Bonchev–Trinajstić information content (AvgIpc) is 3.01. The zero-order valence-corrected chi connectivity index (χ0v) is 14.3. The maximum atomic E-state index is 6.29. The summed E-state index contributed by atoms with van der Waals surface area (Å²) in [7, 11) is -0.473. The first-order valence-electron chi connectivity index (χ1n) is 8.23. The van der Waals surface area contributed by atoms with Gasteiger partial charge in [0.05, 0.1) is 0 Å². The topological polar surface area (TPSA) is 9.23 Å². The summed E-state index contributed by atoms with van der Waals surface area (Å²) < 4.78 is 6.29. The van der Waals surface area contributed by atoms with Crippen molar-refractivity contribution in [3.63, 3.8) is 0 Å². The minimum atomic E-state index is -0.473. The van der Waals surface area contributed by atoms with Crippen molar-refractivity contribution < 1.29 is 4.74 Å². The zero-order valence-electron chi connectivity index (χ0n) is 13.4. The van der Waals surface area contributed by atoms with E-state index < -0.39 is 7.92 Å². The first-order valence-corrected chi connectivity index (χ1v) is 9.64. The minimum Gasteiger partial charge on any atom is -0.484 e. The Labute approximate surface area is 144 Å². The van der Waals surface area contributed by atoms with E-state index >= 15 is 0 Å². The van der Waals surface area contributed by atoms with Gasteiger partial charge in [-0.3, -0.25) is 0 Å². The van der Waals surface area contributed by atoms with E-state index in [2.05, 4.69) is 91.0 Å². The van der Waals surface area contributed by atoms with Gasteiger partial charge in [0.15, 0.2) is 0 Å². The van der Waals surface area contributed by atoms with Crippen molar-refractivity contribution >= 4 is 24.6 Å². The molecule has 2 heteroatoms. The van der Waals surface area contributed by atoms with Crippen molar-refractivity contribution in [3.8, 4) is 5.75 Å². The summed E-state index contributed by atoms with van der Waals surface area (Å²) in [5.74, 6) is 1.25. The van der Waals surface area contributed by atoms with Gasteiger partial charge in [-0.05, 0) is 16.9 Å². The number of hydrogen-bond acceptors (Lipinski definition) is 1. The molecule has 1 aliphatic rings. The van der Waals surface area contributed by atoms with Crippen molar-refractivity contribution in [2.24, 2.45) is 0 Å². The molecule has 2 atom stereocenters. The fourth-order valence-corrected chi connectivity index (χ4v) is 5.62. The Bertz CT molecular complexity index is 827.